The average molecular weight is 607 g/mol. The van der Waals surface area contributed by atoms with Gasteiger partial charge in [-0.2, -0.15) is 0 Å². The molecule has 1 N–H and O–H groups in total. The summed E-state index contributed by atoms with van der Waals surface area (Å²) in [6.45, 7) is 4.46. The predicted octanol–water partition coefficient (Wildman–Crippen LogP) is 13.1. The van der Waals surface area contributed by atoms with Crippen LogP contribution in [0.5, 0.6) is 0 Å². The van der Waals surface area contributed by atoms with Crippen LogP contribution in [0.4, 0.5) is 0 Å². The van der Waals surface area contributed by atoms with Gasteiger partial charge in [0, 0.05) is 12.8 Å². The van der Waals surface area contributed by atoms with Crippen LogP contribution in [0.25, 0.3) is 0 Å². The molecular weight excluding hydrogens is 532 g/mol. The molecule has 43 heavy (non-hydrogen) atoms. The number of carboxylic acids is 1. The third-order valence-corrected chi connectivity index (χ3v) is 8.72. The Morgan fingerprint density at radius 3 is 1.33 bits per heavy atom. The minimum absolute atomic E-state index is 0.0165. The largest absolute Gasteiger partial charge is 0.481 e. The van der Waals surface area contributed by atoms with E-state index in [2.05, 4.69) is 26.0 Å². The first-order valence-electron chi connectivity index (χ1n) is 19.2. The second-order valence-electron chi connectivity index (χ2n) is 13.1. The van der Waals surface area contributed by atoms with Crippen molar-refractivity contribution in [2.24, 2.45) is 0 Å². The maximum atomic E-state index is 12.4. The van der Waals surface area contributed by atoms with Gasteiger partial charge in [0.05, 0.1) is 0 Å². The van der Waals surface area contributed by atoms with Crippen molar-refractivity contribution < 1.29 is 19.4 Å². The van der Waals surface area contributed by atoms with Crippen LogP contribution in [0, 0.1) is 0 Å². The average Bonchev–Trinajstić information content (AvgIpc) is 2.98. The number of allylic oxidation sites excluding steroid dienone is 2. The zero-order valence-electron chi connectivity index (χ0n) is 29.0. The molecule has 0 spiro atoms. The van der Waals surface area contributed by atoms with E-state index in [9.17, 15) is 9.59 Å². The Labute approximate surface area is 268 Å². The highest BCUT2D eigenvalue weighted by molar-refractivity contribution is 5.69. The van der Waals surface area contributed by atoms with Crippen molar-refractivity contribution in [1.29, 1.82) is 0 Å². The van der Waals surface area contributed by atoms with Crippen molar-refractivity contribution in [3.8, 4) is 0 Å². The SMILES string of the molecule is CCCCCCCC/C=C\CCCCCCCCCCCC(=O)OC(CCC)CCCCCCCCCCCCC(=O)O. The van der Waals surface area contributed by atoms with E-state index in [1.165, 1.54) is 135 Å². The fourth-order valence-electron chi connectivity index (χ4n) is 5.94. The lowest BCUT2D eigenvalue weighted by atomic mass is 10.0. The topological polar surface area (TPSA) is 63.6 Å². The minimum atomic E-state index is -0.675. The summed E-state index contributed by atoms with van der Waals surface area (Å²) in [4.78, 5) is 22.9. The quantitative estimate of drug-likeness (QED) is 0.0443. The monoisotopic (exact) mass is 607 g/mol. The van der Waals surface area contributed by atoms with Gasteiger partial charge in [-0.25, -0.2) is 0 Å². The maximum Gasteiger partial charge on any atom is 0.306 e. The molecular formula is C39H74O4. The van der Waals surface area contributed by atoms with Crippen LogP contribution in [-0.2, 0) is 14.3 Å². The van der Waals surface area contributed by atoms with E-state index >= 15 is 0 Å². The Kier molecular flexibility index (Phi) is 34.1. The summed E-state index contributed by atoms with van der Waals surface area (Å²) in [5, 5.41) is 8.67. The highest BCUT2D eigenvalue weighted by Gasteiger charge is 2.13. The van der Waals surface area contributed by atoms with E-state index in [1.807, 2.05) is 0 Å². The van der Waals surface area contributed by atoms with E-state index in [0.717, 1.165) is 57.8 Å². The fraction of sp³-hybridized carbons (Fsp3) is 0.897. The van der Waals surface area contributed by atoms with Crippen LogP contribution in [0.1, 0.15) is 219 Å². The van der Waals surface area contributed by atoms with Gasteiger partial charge in [0.15, 0.2) is 0 Å². The molecule has 4 heteroatoms. The molecule has 0 bridgehead atoms. The number of hydrogen-bond acceptors (Lipinski definition) is 3. The van der Waals surface area contributed by atoms with Gasteiger partial charge in [-0.15, -0.1) is 0 Å². The van der Waals surface area contributed by atoms with E-state index in [1.54, 1.807) is 0 Å². The molecule has 0 amide bonds. The lowest BCUT2D eigenvalue weighted by Gasteiger charge is -2.17. The van der Waals surface area contributed by atoms with Crippen molar-refractivity contribution in [2.45, 2.75) is 225 Å². The number of unbranched alkanes of at least 4 members (excludes halogenated alkanes) is 24. The molecule has 0 heterocycles. The normalized spacial score (nSPS) is 12.2. The number of esters is 1. The number of aliphatic carboxylic acids is 1. The van der Waals surface area contributed by atoms with Gasteiger partial charge in [0.25, 0.3) is 0 Å². The third-order valence-electron chi connectivity index (χ3n) is 8.72. The molecule has 4 nitrogen and oxygen atoms in total. The van der Waals surface area contributed by atoms with Crippen molar-refractivity contribution in [3.63, 3.8) is 0 Å². The molecule has 0 aromatic heterocycles. The zero-order chi connectivity index (χ0) is 31.5. The Hall–Kier alpha value is -1.32. The van der Waals surface area contributed by atoms with Gasteiger partial charge in [-0.3, -0.25) is 9.59 Å². The van der Waals surface area contributed by atoms with E-state index in [-0.39, 0.29) is 12.1 Å². The Morgan fingerprint density at radius 2 is 0.884 bits per heavy atom. The summed E-state index contributed by atoms with van der Waals surface area (Å²) in [6.07, 6.45) is 42.9. The van der Waals surface area contributed by atoms with E-state index in [0.29, 0.717) is 12.8 Å². The standard InChI is InChI=1S/C39H74O4/c1-3-5-6-7-8-9-10-11-12-13-14-15-16-17-18-23-26-29-32-36-39(42)43-37(33-4-2)34-30-27-24-21-19-20-22-25-28-31-35-38(40)41/h11-12,37H,3-10,13-36H2,1-2H3,(H,40,41)/b12-11-. The first-order chi connectivity index (χ1) is 21.1. The molecule has 0 fully saturated rings. The molecule has 1 unspecified atom stereocenters. The van der Waals surface area contributed by atoms with Gasteiger partial charge in [-0.1, -0.05) is 161 Å². The molecule has 0 radical (unpaired) electrons. The van der Waals surface area contributed by atoms with Crippen LogP contribution < -0.4 is 0 Å². The van der Waals surface area contributed by atoms with Crippen LogP contribution >= 0.6 is 0 Å². The Bertz CT molecular complexity index is 614. The number of carboxylic acid groups (broad SMARTS) is 1. The third kappa shape index (κ3) is 35.0. The second-order valence-corrected chi connectivity index (χ2v) is 13.1. The van der Waals surface area contributed by atoms with Crippen LogP contribution in [-0.4, -0.2) is 23.1 Å². The van der Waals surface area contributed by atoms with Crippen LogP contribution in [0.15, 0.2) is 12.2 Å². The fourth-order valence-corrected chi connectivity index (χ4v) is 5.94. The maximum absolute atomic E-state index is 12.4. The highest BCUT2D eigenvalue weighted by atomic mass is 16.5. The van der Waals surface area contributed by atoms with Gasteiger partial charge in [-0.05, 0) is 57.8 Å². The summed E-state index contributed by atoms with van der Waals surface area (Å²) in [5.74, 6) is -0.659. The van der Waals surface area contributed by atoms with Crippen LogP contribution in [0.2, 0.25) is 0 Å². The molecule has 0 aromatic carbocycles. The first kappa shape index (κ1) is 41.7. The van der Waals surface area contributed by atoms with Crippen LogP contribution in [0.3, 0.4) is 0 Å². The van der Waals surface area contributed by atoms with Crippen molar-refractivity contribution in [3.05, 3.63) is 12.2 Å². The van der Waals surface area contributed by atoms with Crippen molar-refractivity contribution >= 4 is 11.9 Å². The Balaban J connectivity index is 3.51. The van der Waals surface area contributed by atoms with Gasteiger partial charge in [0.1, 0.15) is 6.10 Å². The first-order valence-corrected chi connectivity index (χ1v) is 19.2. The molecule has 0 aromatic rings. The predicted molar refractivity (Wildman–Crippen MR) is 186 cm³/mol. The molecule has 1 atom stereocenters. The molecule has 0 saturated carbocycles. The smallest absolute Gasteiger partial charge is 0.306 e. The highest BCUT2D eigenvalue weighted by Crippen LogP contribution is 2.17. The number of ether oxygens (including phenoxy) is 1. The number of carbonyl (C=O) groups excluding carboxylic acids is 1. The van der Waals surface area contributed by atoms with Crippen molar-refractivity contribution in [2.75, 3.05) is 0 Å². The number of carbonyl (C=O) groups is 2. The summed E-state index contributed by atoms with van der Waals surface area (Å²) in [5.41, 5.74) is 0. The molecule has 0 aliphatic carbocycles. The second kappa shape index (κ2) is 35.2. The zero-order valence-corrected chi connectivity index (χ0v) is 29.0. The van der Waals surface area contributed by atoms with Gasteiger partial charge >= 0.3 is 11.9 Å². The summed E-state index contributed by atoms with van der Waals surface area (Å²) < 4.78 is 5.85. The lowest BCUT2D eigenvalue weighted by molar-refractivity contribution is -0.150. The summed E-state index contributed by atoms with van der Waals surface area (Å²) >= 11 is 0. The van der Waals surface area contributed by atoms with Gasteiger partial charge in [0.2, 0.25) is 0 Å². The molecule has 254 valence electrons. The summed E-state index contributed by atoms with van der Waals surface area (Å²) in [7, 11) is 0. The van der Waals surface area contributed by atoms with E-state index < -0.39 is 5.97 Å². The summed E-state index contributed by atoms with van der Waals surface area (Å²) in [6, 6.07) is 0. The minimum Gasteiger partial charge on any atom is -0.481 e. The lowest BCUT2D eigenvalue weighted by Crippen LogP contribution is -2.18. The Morgan fingerprint density at radius 1 is 0.488 bits per heavy atom. The molecule has 0 saturated heterocycles. The number of hydrogen-bond donors (Lipinski definition) is 1. The molecule has 0 aliphatic heterocycles. The van der Waals surface area contributed by atoms with Crippen molar-refractivity contribution in [1.82, 2.24) is 0 Å². The molecule has 0 aliphatic rings. The number of rotatable bonds is 35. The van der Waals surface area contributed by atoms with E-state index in [4.69, 9.17) is 9.84 Å². The molecule has 0 rings (SSSR count). The van der Waals surface area contributed by atoms with Gasteiger partial charge < -0.3 is 9.84 Å².